The molecule has 6 rings (SSSR count). The van der Waals surface area contributed by atoms with Crippen molar-refractivity contribution in [1.29, 1.82) is 0 Å². The number of benzene rings is 5. The lowest BCUT2D eigenvalue weighted by Gasteiger charge is -2.07. The predicted molar refractivity (Wildman–Crippen MR) is 172 cm³/mol. The number of nitrogens with one attached hydrogen (secondary N) is 2. The van der Waals surface area contributed by atoms with Gasteiger partial charge < -0.3 is 10.1 Å². The maximum absolute atomic E-state index is 12.6. The van der Waals surface area contributed by atoms with Gasteiger partial charge in [0.1, 0.15) is 12.4 Å². The number of hydrogen-bond acceptors (Lipinski definition) is 6. The smallest absolute Gasteiger partial charge is 0.271 e. The first kappa shape index (κ1) is 26.9. The van der Waals surface area contributed by atoms with Crippen molar-refractivity contribution in [3.8, 4) is 17.0 Å². The summed E-state index contributed by atoms with van der Waals surface area (Å²) >= 11 is 1.54. The summed E-state index contributed by atoms with van der Waals surface area (Å²) in [5, 5.41) is 12.7. The number of amides is 1. The van der Waals surface area contributed by atoms with Crippen molar-refractivity contribution in [2.45, 2.75) is 13.5 Å². The zero-order valence-electron chi connectivity index (χ0n) is 23.0. The second kappa shape index (κ2) is 12.5. The Kier molecular flexibility index (Phi) is 8.01. The third-order valence-electron chi connectivity index (χ3n) is 6.73. The molecule has 0 aliphatic rings. The van der Waals surface area contributed by atoms with Crippen LogP contribution < -0.4 is 15.5 Å². The fourth-order valence-corrected chi connectivity index (χ4v) is 5.13. The summed E-state index contributed by atoms with van der Waals surface area (Å²) < 4.78 is 5.95. The van der Waals surface area contributed by atoms with E-state index in [9.17, 15) is 4.79 Å². The highest BCUT2D eigenvalue weighted by molar-refractivity contribution is 7.14. The van der Waals surface area contributed by atoms with E-state index in [1.54, 1.807) is 18.3 Å². The van der Waals surface area contributed by atoms with Gasteiger partial charge in [-0.25, -0.2) is 10.4 Å². The minimum atomic E-state index is -0.284. The zero-order valence-corrected chi connectivity index (χ0v) is 23.8. The molecule has 0 atom stereocenters. The van der Waals surface area contributed by atoms with Gasteiger partial charge in [0.15, 0.2) is 5.13 Å². The quantitative estimate of drug-likeness (QED) is 0.136. The third kappa shape index (κ3) is 6.71. The van der Waals surface area contributed by atoms with Gasteiger partial charge in [0.25, 0.3) is 5.91 Å². The standard InChI is InChI=1S/C35H28N4O2S/c1-24-6-16-31(17-7-24)37-35-38-33(23-42-35)28-12-14-29(15-13-28)34(40)39-36-21-25-9-18-32(19-10-25)41-22-26-8-11-27-4-2-3-5-30(27)20-26/h2-21,23H,22H2,1H3,(H,37,38)(H,39,40)/b36-21-. The topological polar surface area (TPSA) is 75.6 Å². The molecule has 0 radical (unpaired) electrons. The summed E-state index contributed by atoms with van der Waals surface area (Å²) in [6.07, 6.45) is 1.61. The van der Waals surface area contributed by atoms with Crippen LogP contribution in [-0.2, 0) is 6.61 Å². The number of carbonyl (C=O) groups is 1. The monoisotopic (exact) mass is 568 g/mol. The zero-order chi connectivity index (χ0) is 28.7. The molecule has 0 saturated carbocycles. The van der Waals surface area contributed by atoms with Crippen LogP contribution in [0, 0.1) is 6.92 Å². The number of hydrazone groups is 1. The lowest BCUT2D eigenvalue weighted by molar-refractivity contribution is 0.0955. The maximum atomic E-state index is 12.6. The average Bonchev–Trinajstić information content (AvgIpc) is 3.50. The van der Waals surface area contributed by atoms with E-state index >= 15 is 0 Å². The summed E-state index contributed by atoms with van der Waals surface area (Å²) in [6, 6.07) is 37.7. The second-order valence-corrected chi connectivity index (χ2v) is 10.7. The molecule has 0 unspecified atom stereocenters. The van der Waals surface area contributed by atoms with Gasteiger partial charge in [-0.2, -0.15) is 5.10 Å². The summed E-state index contributed by atoms with van der Waals surface area (Å²) in [4.78, 5) is 17.3. The van der Waals surface area contributed by atoms with E-state index in [2.05, 4.69) is 70.2 Å². The number of ether oxygens (including phenoxy) is 1. The predicted octanol–water partition coefficient (Wildman–Crippen LogP) is 8.36. The summed E-state index contributed by atoms with van der Waals surface area (Å²) in [5.41, 5.74) is 9.07. The Morgan fingerprint density at radius 1 is 0.881 bits per heavy atom. The first-order valence-corrected chi connectivity index (χ1v) is 14.4. The van der Waals surface area contributed by atoms with E-state index in [0.29, 0.717) is 12.2 Å². The van der Waals surface area contributed by atoms with Crippen molar-refractivity contribution < 1.29 is 9.53 Å². The van der Waals surface area contributed by atoms with Crippen LogP contribution in [0.15, 0.2) is 126 Å². The molecule has 5 aromatic carbocycles. The van der Waals surface area contributed by atoms with Gasteiger partial charge >= 0.3 is 0 Å². The molecule has 0 aliphatic carbocycles. The Morgan fingerprint density at radius 2 is 1.64 bits per heavy atom. The van der Waals surface area contributed by atoms with Crippen LogP contribution in [0.4, 0.5) is 10.8 Å². The van der Waals surface area contributed by atoms with Gasteiger partial charge in [0.2, 0.25) is 0 Å². The van der Waals surface area contributed by atoms with E-state index in [4.69, 9.17) is 4.74 Å². The first-order valence-electron chi connectivity index (χ1n) is 13.5. The SMILES string of the molecule is Cc1ccc(Nc2nc(-c3ccc(C(=O)N/N=C\c4ccc(OCc5ccc6ccccc6c5)cc4)cc3)cs2)cc1. The van der Waals surface area contributed by atoms with Crippen molar-refractivity contribution in [2.24, 2.45) is 5.10 Å². The number of hydrogen-bond donors (Lipinski definition) is 2. The van der Waals surface area contributed by atoms with Crippen LogP contribution in [0.1, 0.15) is 27.0 Å². The van der Waals surface area contributed by atoms with Crippen LogP contribution in [0.5, 0.6) is 5.75 Å². The largest absolute Gasteiger partial charge is 0.489 e. The van der Waals surface area contributed by atoms with Crippen LogP contribution in [0.25, 0.3) is 22.0 Å². The highest BCUT2D eigenvalue weighted by atomic mass is 32.1. The number of aryl methyl sites for hydroxylation is 1. The molecule has 1 heterocycles. The number of aromatic nitrogens is 1. The number of thiazole rings is 1. The highest BCUT2D eigenvalue weighted by Crippen LogP contribution is 2.27. The molecule has 1 aromatic heterocycles. The molecule has 0 saturated heterocycles. The highest BCUT2D eigenvalue weighted by Gasteiger charge is 2.08. The fraction of sp³-hybridized carbons (Fsp3) is 0.0571. The Bertz CT molecular complexity index is 1840. The van der Waals surface area contributed by atoms with Crippen LogP contribution >= 0.6 is 11.3 Å². The number of carbonyl (C=O) groups excluding carboxylic acids is 1. The van der Waals surface area contributed by atoms with Crippen LogP contribution in [-0.4, -0.2) is 17.1 Å². The summed E-state index contributed by atoms with van der Waals surface area (Å²) in [7, 11) is 0. The van der Waals surface area contributed by atoms with Gasteiger partial charge in [-0.1, -0.05) is 66.2 Å². The number of nitrogens with zero attached hydrogens (tertiary/aromatic N) is 2. The Hall–Kier alpha value is -5.27. The van der Waals surface area contributed by atoms with Gasteiger partial charge in [0, 0.05) is 22.2 Å². The maximum Gasteiger partial charge on any atom is 0.271 e. The Balaban J connectivity index is 0.994. The Labute approximate surface area is 248 Å². The first-order chi connectivity index (χ1) is 20.6. The van der Waals surface area contributed by atoms with Gasteiger partial charge in [-0.15, -0.1) is 11.3 Å². The van der Waals surface area contributed by atoms with E-state index in [1.165, 1.54) is 27.7 Å². The molecule has 42 heavy (non-hydrogen) atoms. The molecular formula is C35H28N4O2S. The van der Waals surface area contributed by atoms with Crippen molar-refractivity contribution >= 4 is 45.0 Å². The van der Waals surface area contributed by atoms with Crippen molar-refractivity contribution in [1.82, 2.24) is 10.4 Å². The molecule has 0 spiro atoms. The number of rotatable bonds is 9. The minimum Gasteiger partial charge on any atom is -0.489 e. The van der Waals surface area contributed by atoms with E-state index < -0.39 is 0 Å². The van der Waals surface area contributed by atoms with E-state index in [-0.39, 0.29) is 5.91 Å². The fourth-order valence-electron chi connectivity index (χ4n) is 4.39. The van der Waals surface area contributed by atoms with Crippen molar-refractivity contribution in [2.75, 3.05) is 5.32 Å². The molecule has 6 nitrogen and oxygen atoms in total. The van der Waals surface area contributed by atoms with Gasteiger partial charge in [-0.3, -0.25) is 4.79 Å². The van der Waals surface area contributed by atoms with Crippen molar-refractivity contribution in [3.63, 3.8) is 0 Å². The molecule has 2 N–H and O–H groups in total. The van der Waals surface area contributed by atoms with Gasteiger partial charge in [0.05, 0.1) is 11.9 Å². The Morgan fingerprint density at radius 3 is 2.43 bits per heavy atom. The average molecular weight is 569 g/mol. The van der Waals surface area contributed by atoms with E-state index in [1.807, 2.05) is 66.0 Å². The summed E-state index contributed by atoms with van der Waals surface area (Å²) in [6.45, 7) is 2.55. The molecule has 0 fully saturated rings. The number of anilines is 2. The molecular weight excluding hydrogens is 540 g/mol. The molecule has 0 bridgehead atoms. The molecule has 6 aromatic rings. The normalized spacial score (nSPS) is 11.1. The van der Waals surface area contributed by atoms with Crippen LogP contribution in [0.2, 0.25) is 0 Å². The molecule has 1 amide bonds. The third-order valence-corrected chi connectivity index (χ3v) is 7.49. The summed E-state index contributed by atoms with van der Waals surface area (Å²) in [5.74, 6) is 0.482. The molecule has 7 heteroatoms. The van der Waals surface area contributed by atoms with Gasteiger partial charge in [-0.05, 0) is 83.4 Å². The second-order valence-electron chi connectivity index (χ2n) is 9.84. The lowest BCUT2D eigenvalue weighted by atomic mass is 10.1. The van der Waals surface area contributed by atoms with Crippen LogP contribution in [0.3, 0.4) is 0 Å². The number of fused-ring (bicyclic) bond motifs is 1. The minimum absolute atomic E-state index is 0.284. The van der Waals surface area contributed by atoms with Crippen molar-refractivity contribution in [3.05, 3.63) is 143 Å². The molecule has 206 valence electrons. The van der Waals surface area contributed by atoms with E-state index in [0.717, 1.165) is 39.0 Å². The molecule has 0 aliphatic heterocycles. The lowest BCUT2D eigenvalue weighted by Crippen LogP contribution is -2.17.